The highest BCUT2D eigenvalue weighted by Gasteiger charge is 2.70. The van der Waals surface area contributed by atoms with Crippen LogP contribution in [-0.2, 0) is 48.2 Å². The molecule has 1 aliphatic heterocycles. The minimum atomic E-state index is -6.42. The first-order chi connectivity index (χ1) is 18.0. The Kier molecular flexibility index (Phi) is 7.68. The van der Waals surface area contributed by atoms with Crippen molar-refractivity contribution in [1.82, 2.24) is 0 Å². The highest BCUT2D eigenvalue weighted by atomic mass is 32.2. The van der Waals surface area contributed by atoms with Gasteiger partial charge in [-0.25, -0.2) is 0 Å². The molecule has 0 aromatic carbocycles. The largest absolute Gasteiger partial charge is 0.465 e. The predicted molar refractivity (Wildman–Crippen MR) is 118 cm³/mol. The highest BCUT2D eigenvalue weighted by molar-refractivity contribution is 7.87. The SMILES string of the molecule is CC1(OC(=O)C2C3CC4C(OC(=O)C42)C3OC(=O)CCC(=O)OCCC(F)(F)C(F)(F)S(=O)(=O)O)CCCC1. The van der Waals surface area contributed by atoms with Crippen LogP contribution in [0.3, 0.4) is 0 Å². The van der Waals surface area contributed by atoms with Gasteiger partial charge in [-0.05, 0) is 39.0 Å². The molecule has 4 rings (SSSR count). The lowest BCUT2D eigenvalue weighted by Gasteiger charge is -2.33. The first kappa shape index (κ1) is 29.5. The fraction of sp³-hybridized carbons (Fsp3) is 0.826. The smallest absolute Gasteiger partial charge is 0.431 e. The number of hydrogen-bond donors (Lipinski definition) is 1. The third-order valence-electron chi connectivity index (χ3n) is 8.06. The minimum Gasteiger partial charge on any atom is -0.465 e. The monoisotopic (exact) mass is 588 g/mol. The Morgan fingerprint density at radius 2 is 1.69 bits per heavy atom. The number of fused-ring (bicyclic) bond motifs is 1. The number of ether oxygens (including phenoxy) is 4. The van der Waals surface area contributed by atoms with Crippen LogP contribution >= 0.6 is 0 Å². The van der Waals surface area contributed by atoms with Crippen LogP contribution in [0.4, 0.5) is 17.6 Å². The first-order valence-electron chi connectivity index (χ1n) is 12.5. The highest BCUT2D eigenvalue weighted by Crippen LogP contribution is 2.59. The topological polar surface area (TPSA) is 160 Å². The molecular weight excluding hydrogens is 560 g/mol. The van der Waals surface area contributed by atoms with E-state index >= 15 is 0 Å². The fourth-order valence-electron chi connectivity index (χ4n) is 6.12. The van der Waals surface area contributed by atoms with E-state index in [2.05, 4.69) is 4.74 Å². The van der Waals surface area contributed by atoms with Gasteiger partial charge in [-0.2, -0.15) is 26.0 Å². The van der Waals surface area contributed by atoms with Gasteiger partial charge < -0.3 is 18.9 Å². The summed E-state index contributed by atoms with van der Waals surface area (Å²) in [4.78, 5) is 49.8. The van der Waals surface area contributed by atoms with Crippen LogP contribution in [0.2, 0.25) is 0 Å². The molecule has 11 nitrogen and oxygen atoms in total. The zero-order valence-corrected chi connectivity index (χ0v) is 21.6. The maximum Gasteiger partial charge on any atom is 0.431 e. The van der Waals surface area contributed by atoms with Crippen LogP contribution in [0.5, 0.6) is 0 Å². The van der Waals surface area contributed by atoms with E-state index in [9.17, 15) is 45.2 Å². The molecule has 1 heterocycles. The fourth-order valence-corrected chi connectivity index (χ4v) is 6.60. The van der Waals surface area contributed by atoms with Gasteiger partial charge in [0.05, 0.1) is 37.7 Å². The molecular formula is C23H28F4O11S. The number of carbonyl (C=O) groups is 4. The quantitative estimate of drug-likeness (QED) is 0.163. The van der Waals surface area contributed by atoms with Gasteiger partial charge in [0.1, 0.15) is 17.8 Å². The molecule has 39 heavy (non-hydrogen) atoms. The third kappa shape index (κ3) is 5.45. The molecule has 0 aromatic heterocycles. The van der Waals surface area contributed by atoms with E-state index in [4.69, 9.17) is 18.8 Å². The maximum absolute atomic E-state index is 13.5. The van der Waals surface area contributed by atoms with Crippen molar-refractivity contribution in [2.24, 2.45) is 23.7 Å². The van der Waals surface area contributed by atoms with E-state index < -0.39 is 107 Å². The Morgan fingerprint density at radius 1 is 1.08 bits per heavy atom. The lowest BCUT2D eigenvalue weighted by Crippen LogP contribution is -2.47. The number of halogens is 4. The second-order valence-electron chi connectivity index (χ2n) is 10.7. The third-order valence-corrected chi connectivity index (χ3v) is 9.00. The molecule has 0 aromatic rings. The van der Waals surface area contributed by atoms with Crippen molar-refractivity contribution >= 4 is 34.0 Å². The molecule has 16 heteroatoms. The Morgan fingerprint density at radius 3 is 2.31 bits per heavy atom. The summed E-state index contributed by atoms with van der Waals surface area (Å²) in [7, 11) is -6.42. The summed E-state index contributed by atoms with van der Waals surface area (Å²) in [6, 6.07) is 0. The molecule has 1 saturated heterocycles. The Balaban J connectivity index is 1.28. The summed E-state index contributed by atoms with van der Waals surface area (Å²) in [6.07, 6.45) is -1.26. The average molecular weight is 589 g/mol. The summed E-state index contributed by atoms with van der Waals surface area (Å²) < 4.78 is 104. The zero-order chi connectivity index (χ0) is 29.0. The summed E-state index contributed by atoms with van der Waals surface area (Å²) in [5.41, 5.74) is -0.625. The van der Waals surface area contributed by atoms with Crippen molar-refractivity contribution in [2.75, 3.05) is 6.61 Å². The van der Waals surface area contributed by atoms with E-state index in [0.29, 0.717) is 19.3 Å². The number of hydrogen-bond acceptors (Lipinski definition) is 10. The van der Waals surface area contributed by atoms with E-state index in [-0.39, 0.29) is 5.92 Å². The van der Waals surface area contributed by atoms with Gasteiger partial charge in [0.2, 0.25) is 0 Å². The van der Waals surface area contributed by atoms with Crippen molar-refractivity contribution in [3.8, 4) is 0 Å². The van der Waals surface area contributed by atoms with E-state index in [1.165, 1.54) is 0 Å². The first-order valence-corrected chi connectivity index (χ1v) is 13.9. The molecule has 4 fully saturated rings. The van der Waals surface area contributed by atoms with Crippen molar-refractivity contribution in [3.63, 3.8) is 0 Å². The van der Waals surface area contributed by atoms with Crippen LogP contribution < -0.4 is 0 Å². The predicted octanol–water partition coefficient (Wildman–Crippen LogP) is 2.41. The Bertz CT molecular complexity index is 1130. The molecule has 0 radical (unpaired) electrons. The summed E-state index contributed by atoms with van der Waals surface area (Å²) in [5, 5.41) is -5.79. The average Bonchev–Trinajstić information content (AvgIpc) is 3.54. The zero-order valence-electron chi connectivity index (χ0n) is 20.8. The van der Waals surface area contributed by atoms with Gasteiger partial charge in [-0.1, -0.05) is 0 Å². The number of rotatable bonds is 11. The molecule has 4 aliphatic rings. The van der Waals surface area contributed by atoms with Crippen molar-refractivity contribution in [2.45, 2.75) is 87.3 Å². The normalized spacial score (nSPS) is 31.2. The van der Waals surface area contributed by atoms with Gasteiger partial charge in [0.25, 0.3) is 0 Å². The van der Waals surface area contributed by atoms with Gasteiger partial charge in [0, 0.05) is 11.8 Å². The summed E-state index contributed by atoms with van der Waals surface area (Å²) >= 11 is 0. The standard InChI is InChI=1S/C23H28F4O11S/c1-21(6-2-3-7-21)38-20(31)16-12-10-11-15(16)19(30)37-18(11)17(12)36-14(29)5-4-13(28)35-9-8-22(24,25)23(26,27)39(32,33)34/h11-12,15-18H,2-10H2,1H3,(H,32,33,34). The number of alkyl halides is 4. The van der Waals surface area contributed by atoms with Crippen molar-refractivity contribution < 1.29 is 68.7 Å². The van der Waals surface area contributed by atoms with Crippen LogP contribution in [-0.4, -0.2) is 72.4 Å². The van der Waals surface area contributed by atoms with Crippen molar-refractivity contribution in [3.05, 3.63) is 0 Å². The molecule has 6 atom stereocenters. The lowest BCUT2D eigenvalue weighted by atomic mass is 9.78. The number of carbonyl (C=O) groups excluding carboxylic acids is 4. The molecule has 1 N–H and O–H groups in total. The van der Waals surface area contributed by atoms with Crippen LogP contribution in [0.1, 0.15) is 58.3 Å². The second-order valence-corrected chi connectivity index (χ2v) is 12.2. The molecule has 220 valence electrons. The molecule has 0 spiro atoms. The molecule has 2 bridgehead atoms. The van der Waals surface area contributed by atoms with Crippen LogP contribution in [0.15, 0.2) is 0 Å². The van der Waals surface area contributed by atoms with E-state index in [1.807, 2.05) is 6.92 Å². The van der Waals surface area contributed by atoms with Crippen molar-refractivity contribution in [1.29, 1.82) is 0 Å². The van der Waals surface area contributed by atoms with Gasteiger partial charge in [0.15, 0.2) is 0 Å². The number of esters is 4. The molecule has 6 unspecified atom stereocenters. The van der Waals surface area contributed by atoms with E-state index in [1.54, 1.807) is 0 Å². The lowest BCUT2D eigenvalue weighted by molar-refractivity contribution is -0.176. The van der Waals surface area contributed by atoms with Gasteiger partial charge in [-0.15, -0.1) is 0 Å². The summed E-state index contributed by atoms with van der Waals surface area (Å²) in [6.45, 7) is 0.513. The Labute approximate surface area is 220 Å². The van der Waals surface area contributed by atoms with E-state index in [0.717, 1.165) is 12.8 Å². The van der Waals surface area contributed by atoms with Crippen LogP contribution in [0.25, 0.3) is 0 Å². The van der Waals surface area contributed by atoms with Gasteiger partial charge >= 0.3 is 45.2 Å². The molecule has 0 amide bonds. The molecule has 3 aliphatic carbocycles. The maximum atomic E-state index is 13.5. The Hall–Kier alpha value is -2.49. The second kappa shape index (κ2) is 10.2. The molecule has 3 saturated carbocycles. The van der Waals surface area contributed by atoms with Crippen LogP contribution in [0, 0.1) is 23.7 Å². The van der Waals surface area contributed by atoms with Gasteiger partial charge in [-0.3, -0.25) is 23.7 Å². The summed E-state index contributed by atoms with van der Waals surface area (Å²) in [5.74, 6) is -10.9. The minimum absolute atomic E-state index is 0.332.